The van der Waals surface area contributed by atoms with Crippen molar-refractivity contribution in [2.24, 2.45) is 0 Å². The minimum atomic E-state index is -4.08. The fraction of sp³-hybridized carbons (Fsp3) is 0.222. The van der Waals surface area contributed by atoms with Crippen molar-refractivity contribution in [2.45, 2.75) is 17.0 Å². The fourth-order valence-electron chi connectivity index (χ4n) is 4.25. The number of carbonyl (C=O) groups is 1. The summed E-state index contributed by atoms with van der Waals surface area (Å²) in [5.41, 5.74) is 1.90. The zero-order chi connectivity index (χ0) is 26.7. The molecular formula is C27H27N5O4S2. The largest absolute Gasteiger partial charge is 0.368 e. The van der Waals surface area contributed by atoms with Gasteiger partial charge in [-0.3, -0.25) is 9.59 Å². The molecule has 0 saturated carbocycles. The summed E-state index contributed by atoms with van der Waals surface area (Å²) in [5, 5.41) is 0.368. The molecule has 0 spiro atoms. The van der Waals surface area contributed by atoms with E-state index in [4.69, 9.17) is 0 Å². The Morgan fingerprint density at radius 1 is 0.921 bits per heavy atom. The van der Waals surface area contributed by atoms with Crippen LogP contribution < -0.4 is 15.3 Å². The molecule has 4 aromatic rings. The molecule has 0 unspecified atom stereocenters. The molecule has 38 heavy (non-hydrogen) atoms. The van der Waals surface area contributed by atoms with E-state index in [9.17, 15) is 18.0 Å². The third-order valence-electron chi connectivity index (χ3n) is 6.37. The Balaban J connectivity index is 1.35. The number of carbonyl (C=O) groups excluding carboxylic acids is 1. The first-order valence-electron chi connectivity index (χ1n) is 12.1. The fourth-order valence-corrected chi connectivity index (χ4v) is 6.17. The molecule has 1 aliphatic heterocycles. The highest BCUT2D eigenvalue weighted by Gasteiger charge is 2.24. The van der Waals surface area contributed by atoms with Gasteiger partial charge < -0.3 is 9.80 Å². The molecule has 0 radical (unpaired) electrons. The van der Waals surface area contributed by atoms with Crippen LogP contribution in [0.25, 0.3) is 10.9 Å². The van der Waals surface area contributed by atoms with E-state index in [1.807, 2.05) is 25.1 Å². The zero-order valence-corrected chi connectivity index (χ0v) is 22.4. The lowest BCUT2D eigenvalue weighted by molar-refractivity contribution is -0.128. The van der Waals surface area contributed by atoms with Crippen molar-refractivity contribution < 1.29 is 13.2 Å². The van der Waals surface area contributed by atoms with Gasteiger partial charge in [0.05, 0.1) is 21.6 Å². The van der Waals surface area contributed by atoms with E-state index >= 15 is 0 Å². The second kappa shape index (κ2) is 10.9. The van der Waals surface area contributed by atoms with Crippen LogP contribution in [0.15, 0.2) is 93.7 Å². The Labute approximate surface area is 225 Å². The second-order valence-corrected chi connectivity index (χ2v) is 11.6. The van der Waals surface area contributed by atoms with Crippen molar-refractivity contribution in [1.82, 2.24) is 14.6 Å². The number of anilines is 1. The molecule has 11 heteroatoms. The highest BCUT2D eigenvalue weighted by molar-refractivity contribution is 7.99. The molecular weight excluding hydrogens is 522 g/mol. The van der Waals surface area contributed by atoms with Crippen molar-refractivity contribution in [3.8, 4) is 0 Å². The molecule has 1 amide bonds. The number of aryl methyl sites for hydroxylation is 1. The highest BCUT2D eigenvalue weighted by Crippen LogP contribution is 2.21. The number of benzene rings is 3. The molecule has 1 fully saturated rings. The number of hydrogen-bond acceptors (Lipinski definition) is 7. The molecule has 1 aliphatic rings. The summed E-state index contributed by atoms with van der Waals surface area (Å²) in [4.78, 5) is 37.3. The van der Waals surface area contributed by atoms with Crippen molar-refractivity contribution in [1.29, 1.82) is 0 Å². The van der Waals surface area contributed by atoms with Crippen LogP contribution in [0, 0.1) is 6.92 Å². The monoisotopic (exact) mass is 549 g/mol. The van der Waals surface area contributed by atoms with E-state index in [1.54, 1.807) is 41.3 Å². The van der Waals surface area contributed by atoms with Crippen LogP contribution in [0.5, 0.6) is 0 Å². The van der Waals surface area contributed by atoms with Gasteiger partial charge in [-0.2, -0.15) is 13.1 Å². The third kappa shape index (κ3) is 5.53. The van der Waals surface area contributed by atoms with Gasteiger partial charge in [0.25, 0.3) is 15.6 Å². The average Bonchev–Trinajstić information content (AvgIpc) is 2.94. The zero-order valence-electron chi connectivity index (χ0n) is 20.8. The molecule has 196 valence electrons. The highest BCUT2D eigenvalue weighted by atomic mass is 32.2. The lowest BCUT2D eigenvalue weighted by atomic mass is 10.2. The SMILES string of the molecule is Cc1ccc(S(=O)(=O)Nn2c(SCC(=O)N3CCN(c4ccccc4)CC3)nc3ccccc3c2=O)cc1. The number of thioether (sulfide) groups is 1. The summed E-state index contributed by atoms with van der Waals surface area (Å²) in [6.07, 6.45) is 0. The summed E-state index contributed by atoms with van der Waals surface area (Å²) >= 11 is 1.03. The smallest absolute Gasteiger partial charge is 0.281 e. The van der Waals surface area contributed by atoms with Crippen LogP contribution in [-0.4, -0.2) is 60.8 Å². The third-order valence-corrected chi connectivity index (χ3v) is 8.61. The number of aromatic nitrogens is 2. The van der Waals surface area contributed by atoms with Crippen LogP contribution in [0.3, 0.4) is 0 Å². The number of amides is 1. The molecule has 9 nitrogen and oxygen atoms in total. The van der Waals surface area contributed by atoms with Gasteiger partial charge in [0.15, 0.2) is 5.16 Å². The topological polar surface area (TPSA) is 105 Å². The lowest BCUT2D eigenvalue weighted by Gasteiger charge is -2.36. The van der Waals surface area contributed by atoms with E-state index in [2.05, 4.69) is 26.8 Å². The van der Waals surface area contributed by atoms with E-state index in [0.717, 1.165) is 40.8 Å². The van der Waals surface area contributed by atoms with Crippen LogP contribution in [0.2, 0.25) is 0 Å². The van der Waals surface area contributed by atoms with Gasteiger partial charge in [-0.1, -0.05) is 59.8 Å². The first-order valence-corrected chi connectivity index (χ1v) is 14.6. The quantitative estimate of drug-likeness (QED) is 0.279. The average molecular weight is 550 g/mol. The Bertz CT molecular complexity index is 1620. The summed E-state index contributed by atoms with van der Waals surface area (Å²) in [5.74, 6) is -0.0828. The van der Waals surface area contributed by atoms with Crippen molar-refractivity contribution >= 4 is 44.3 Å². The number of nitrogens with one attached hydrogen (secondary N) is 1. The van der Waals surface area contributed by atoms with Gasteiger partial charge in [-0.15, -0.1) is 0 Å². The van der Waals surface area contributed by atoms with Crippen LogP contribution >= 0.6 is 11.8 Å². The van der Waals surface area contributed by atoms with Crippen molar-refractivity contribution in [2.75, 3.05) is 41.7 Å². The maximum atomic E-state index is 13.3. The van der Waals surface area contributed by atoms with Gasteiger partial charge in [0.1, 0.15) is 0 Å². The van der Waals surface area contributed by atoms with Crippen LogP contribution in [0.4, 0.5) is 5.69 Å². The molecule has 1 saturated heterocycles. The molecule has 3 aromatic carbocycles. The van der Waals surface area contributed by atoms with Crippen molar-refractivity contribution in [3.63, 3.8) is 0 Å². The molecule has 0 atom stereocenters. The molecule has 2 heterocycles. The molecule has 1 N–H and O–H groups in total. The van der Waals surface area contributed by atoms with Gasteiger partial charge in [-0.05, 0) is 43.3 Å². The van der Waals surface area contributed by atoms with E-state index in [1.165, 1.54) is 12.1 Å². The lowest BCUT2D eigenvalue weighted by Crippen LogP contribution is -2.49. The van der Waals surface area contributed by atoms with Gasteiger partial charge >= 0.3 is 0 Å². The molecule has 5 rings (SSSR count). The van der Waals surface area contributed by atoms with E-state index < -0.39 is 15.6 Å². The number of sulfonamides is 1. The van der Waals surface area contributed by atoms with Gasteiger partial charge in [-0.25, -0.2) is 9.82 Å². The first kappa shape index (κ1) is 25.8. The Hall–Kier alpha value is -3.83. The van der Waals surface area contributed by atoms with Crippen LogP contribution in [-0.2, 0) is 14.8 Å². The number of piperazine rings is 1. The molecule has 1 aromatic heterocycles. The Morgan fingerprint density at radius 2 is 1.58 bits per heavy atom. The minimum absolute atomic E-state index is 0.0162. The van der Waals surface area contributed by atoms with Crippen molar-refractivity contribution in [3.05, 3.63) is 94.8 Å². The molecule has 0 bridgehead atoms. The Kier molecular flexibility index (Phi) is 7.39. The number of para-hydroxylation sites is 2. The number of nitrogens with zero attached hydrogens (tertiary/aromatic N) is 4. The normalized spacial score (nSPS) is 14.0. The summed E-state index contributed by atoms with van der Waals surface area (Å²) < 4.78 is 27.1. The number of hydrogen-bond donors (Lipinski definition) is 1. The standard InChI is InChI=1S/C27H27N5O4S2/c1-20-11-13-22(14-12-20)38(35,36)29-32-26(34)23-9-5-6-10-24(23)28-27(32)37-19-25(33)31-17-15-30(16-18-31)21-7-3-2-4-8-21/h2-14,29H,15-19H2,1H3. The number of fused-ring (bicyclic) bond motifs is 1. The summed E-state index contributed by atoms with van der Waals surface area (Å²) in [6.45, 7) is 4.44. The minimum Gasteiger partial charge on any atom is -0.368 e. The predicted molar refractivity (Wildman–Crippen MR) is 150 cm³/mol. The second-order valence-electron chi connectivity index (χ2n) is 8.95. The maximum absolute atomic E-state index is 13.3. The summed E-state index contributed by atoms with van der Waals surface area (Å²) in [7, 11) is -4.08. The number of rotatable bonds is 7. The first-order chi connectivity index (χ1) is 18.3. The predicted octanol–water partition coefficient (Wildman–Crippen LogP) is 3.08. The van der Waals surface area contributed by atoms with Gasteiger partial charge in [0.2, 0.25) is 5.91 Å². The van der Waals surface area contributed by atoms with E-state index in [0.29, 0.717) is 18.6 Å². The van der Waals surface area contributed by atoms with E-state index in [-0.39, 0.29) is 27.1 Å². The Morgan fingerprint density at radius 3 is 2.29 bits per heavy atom. The molecule has 0 aliphatic carbocycles. The summed E-state index contributed by atoms with van der Waals surface area (Å²) in [6, 6.07) is 23.1. The van der Waals surface area contributed by atoms with Gasteiger partial charge in [0, 0.05) is 31.9 Å². The van der Waals surface area contributed by atoms with Crippen LogP contribution in [0.1, 0.15) is 5.56 Å². The maximum Gasteiger partial charge on any atom is 0.281 e.